The van der Waals surface area contributed by atoms with E-state index in [1.165, 1.54) is 15.9 Å². The number of imide groups is 1. The van der Waals surface area contributed by atoms with Gasteiger partial charge < -0.3 is 5.32 Å². The summed E-state index contributed by atoms with van der Waals surface area (Å²) < 4.78 is 1.51. The Balaban J connectivity index is 1.87. The van der Waals surface area contributed by atoms with Gasteiger partial charge in [-0.1, -0.05) is 23.9 Å². The highest BCUT2D eigenvalue weighted by atomic mass is 32.2. The molecule has 3 amide bonds. The van der Waals surface area contributed by atoms with E-state index >= 15 is 0 Å². The molecule has 0 saturated heterocycles. The topological polar surface area (TPSA) is 93.1 Å². The van der Waals surface area contributed by atoms with Crippen molar-refractivity contribution in [2.45, 2.75) is 31.6 Å². The zero-order valence-electron chi connectivity index (χ0n) is 15.9. The number of hydrogen-bond donors (Lipinski definition) is 2. The fraction of sp³-hybridized carbons (Fsp3) is 0.263. The first-order chi connectivity index (χ1) is 13.9. The maximum absolute atomic E-state index is 13.2. The van der Waals surface area contributed by atoms with Crippen LogP contribution in [0.4, 0.5) is 4.79 Å². The molecule has 152 valence electrons. The van der Waals surface area contributed by atoms with Crippen LogP contribution >= 0.6 is 34.4 Å². The molecule has 0 aliphatic heterocycles. The van der Waals surface area contributed by atoms with Gasteiger partial charge in [0.25, 0.3) is 5.56 Å². The first-order valence-corrected chi connectivity index (χ1v) is 11.5. The summed E-state index contributed by atoms with van der Waals surface area (Å²) in [7, 11) is 0. The van der Waals surface area contributed by atoms with E-state index in [0.717, 1.165) is 22.2 Å². The quantitative estimate of drug-likeness (QED) is 0.327. The van der Waals surface area contributed by atoms with Gasteiger partial charge in [0.1, 0.15) is 4.83 Å². The highest BCUT2D eigenvalue weighted by Gasteiger charge is 2.18. The van der Waals surface area contributed by atoms with Gasteiger partial charge in [0.2, 0.25) is 5.91 Å². The van der Waals surface area contributed by atoms with E-state index in [-0.39, 0.29) is 23.9 Å². The van der Waals surface area contributed by atoms with E-state index < -0.39 is 11.9 Å². The number of nitrogens with zero attached hydrogens (tertiary/aromatic N) is 2. The average molecular weight is 449 g/mol. The number of rotatable bonds is 7. The lowest BCUT2D eigenvalue weighted by molar-refractivity contribution is -0.117. The summed E-state index contributed by atoms with van der Waals surface area (Å²) in [6, 6.07) is 3.29. The van der Waals surface area contributed by atoms with E-state index in [1.54, 1.807) is 31.3 Å². The molecule has 3 aromatic heterocycles. The number of allylic oxidation sites excluding steroid dienone is 1. The van der Waals surface area contributed by atoms with E-state index in [1.807, 2.05) is 22.9 Å². The Bertz CT molecular complexity index is 1100. The van der Waals surface area contributed by atoms with Crippen LogP contribution in [0, 0.1) is 0 Å². The molecule has 0 atom stereocenters. The van der Waals surface area contributed by atoms with E-state index in [4.69, 9.17) is 0 Å². The fourth-order valence-corrected chi connectivity index (χ4v) is 5.22. The molecule has 0 unspecified atom stereocenters. The molecule has 3 rings (SSSR count). The maximum Gasteiger partial charge on any atom is 0.321 e. The lowest BCUT2D eigenvalue weighted by Crippen LogP contribution is -2.43. The number of urea groups is 1. The summed E-state index contributed by atoms with van der Waals surface area (Å²) in [6.45, 7) is 7.60. The first-order valence-electron chi connectivity index (χ1n) is 8.80. The van der Waals surface area contributed by atoms with Crippen LogP contribution in [0.25, 0.3) is 20.7 Å². The number of thiophene rings is 2. The first kappa shape index (κ1) is 21.3. The second-order valence-electron chi connectivity index (χ2n) is 6.37. The second kappa shape index (κ2) is 9.38. The summed E-state index contributed by atoms with van der Waals surface area (Å²) >= 11 is 4.08. The monoisotopic (exact) mass is 448 g/mol. The molecule has 29 heavy (non-hydrogen) atoms. The highest BCUT2D eigenvalue weighted by molar-refractivity contribution is 7.99. The number of amides is 3. The second-order valence-corrected chi connectivity index (χ2v) is 9.12. The van der Waals surface area contributed by atoms with Crippen molar-refractivity contribution in [3.05, 3.63) is 45.9 Å². The minimum Gasteiger partial charge on any atom is -0.336 e. The molecule has 0 aromatic carbocycles. The van der Waals surface area contributed by atoms with Gasteiger partial charge in [-0.05, 0) is 25.3 Å². The largest absolute Gasteiger partial charge is 0.336 e. The standard InChI is InChI=1S/C19H20N4O3S3/c1-4-7-23-17(25)15-12(13-6-5-8-27-13)9-28-16(15)22-19(23)29-10-14(24)21-18(26)20-11(2)3/h4-6,8-9,11H,1,7,10H2,2-3H3,(H2,20,21,24,26). The Kier molecular flexibility index (Phi) is 6.88. The summed E-state index contributed by atoms with van der Waals surface area (Å²) in [6.07, 6.45) is 1.62. The number of carbonyl (C=O) groups is 2. The molecule has 3 heterocycles. The number of aromatic nitrogens is 2. The van der Waals surface area contributed by atoms with Crippen molar-refractivity contribution in [3.63, 3.8) is 0 Å². The molecule has 0 saturated carbocycles. The molecular formula is C19H20N4O3S3. The number of thioether (sulfide) groups is 1. The van der Waals surface area contributed by atoms with Crippen LogP contribution in [0.1, 0.15) is 13.8 Å². The average Bonchev–Trinajstić information content (AvgIpc) is 3.31. The van der Waals surface area contributed by atoms with Crippen LogP contribution in [-0.2, 0) is 11.3 Å². The Hall–Kier alpha value is -2.43. The summed E-state index contributed by atoms with van der Waals surface area (Å²) in [5, 5.41) is 9.75. The van der Waals surface area contributed by atoms with Crippen LogP contribution in [0.5, 0.6) is 0 Å². The van der Waals surface area contributed by atoms with Crippen LogP contribution in [0.3, 0.4) is 0 Å². The number of nitrogens with one attached hydrogen (secondary N) is 2. The Morgan fingerprint density at radius 2 is 2.17 bits per heavy atom. The Labute approximate surface area is 179 Å². The lowest BCUT2D eigenvalue weighted by Gasteiger charge is -2.11. The van der Waals surface area contributed by atoms with Crippen LogP contribution < -0.4 is 16.2 Å². The van der Waals surface area contributed by atoms with E-state index in [9.17, 15) is 14.4 Å². The fourth-order valence-electron chi connectivity index (χ4n) is 2.61. The summed E-state index contributed by atoms with van der Waals surface area (Å²) in [5.74, 6) is -0.498. The van der Waals surface area contributed by atoms with Crippen LogP contribution in [0.2, 0.25) is 0 Å². The molecule has 0 aliphatic carbocycles. The maximum atomic E-state index is 13.2. The summed E-state index contributed by atoms with van der Waals surface area (Å²) in [5.41, 5.74) is 0.704. The molecule has 0 radical (unpaired) electrons. The van der Waals surface area contributed by atoms with E-state index in [2.05, 4.69) is 22.2 Å². The normalized spacial score (nSPS) is 11.0. The van der Waals surface area contributed by atoms with Gasteiger partial charge in [-0.15, -0.1) is 29.3 Å². The molecule has 0 bridgehead atoms. The number of carbonyl (C=O) groups excluding carboxylic acids is 2. The van der Waals surface area contributed by atoms with Crippen molar-refractivity contribution in [3.8, 4) is 10.4 Å². The SMILES string of the molecule is C=CCn1c(SCC(=O)NC(=O)NC(C)C)nc2scc(-c3cccs3)c2c1=O. The van der Waals surface area contributed by atoms with Crippen molar-refractivity contribution >= 4 is 56.6 Å². The van der Waals surface area contributed by atoms with Gasteiger partial charge >= 0.3 is 6.03 Å². The summed E-state index contributed by atoms with van der Waals surface area (Å²) in [4.78, 5) is 43.1. The molecule has 2 N–H and O–H groups in total. The smallest absolute Gasteiger partial charge is 0.321 e. The zero-order valence-corrected chi connectivity index (χ0v) is 18.4. The van der Waals surface area contributed by atoms with Gasteiger partial charge in [0, 0.05) is 28.4 Å². The third-order valence-electron chi connectivity index (χ3n) is 3.76. The molecule has 0 fully saturated rings. The van der Waals surface area contributed by atoms with Crippen LogP contribution in [0.15, 0.2) is 45.5 Å². The molecule has 7 nitrogen and oxygen atoms in total. The van der Waals surface area contributed by atoms with Gasteiger partial charge in [-0.2, -0.15) is 0 Å². The molecule has 0 aliphatic rings. The predicted octanol–water partition coefficient (Wildman–Crippen LogP) is 3.70. The van der Waals surface area contributed by atoms with E-state index in [0.29, 0.717) is 15.4 Å². The highest BCUT2D eigenvalue weighted by Crippen LogP contribution is 2.34. The van der Waals surface area contributed by atoms with Crippen molar-refractivity contribution in [2.75, 3.05) is 5.75 Å². The van der Waals surface area contributed by atoms with Crippen LogP contribution in [-0.4, -0.2) is 33.3 Å². The number of fused-ring (bicyclic) bond motifs is 1. The van der Waals surface area contributed by atoms with Gasteiger partial charge in [0.05, 0.1) is 11.1 Å². The third kappa shape index (κ3) is 4.95. The Morgan fingerprint density at radius 3 is 2.83 bits per heavy atom. The molecule has 10 heteroatoms. The van der Waals surface area contributed by atoms with Crippen molar-refractivity contribution in [1.29, 1.82) is 0 Å². The van der Waals surface area contributed by atoms with Gasteiger partial charge in [-0.25, -0.2) is 9.78 Å². The number of hydrogen-bond acceptors (Lipinski definition) is 7. The molecule has 0 spiro atoms. The zero-order chi connectivity index (χ0) is 21.0. The Morgan fingerprint density at radius 1 is 1.38 bits per heavy atom. The van der Waals surface area contributed by atoms with Gasteiger partial charge in [-0.3, -0.25) is 19.5 Å². The predicted molar refractivity (Wildman–Crippen MR) is 120 cm³/mol. The van der Waals surface area contributed by atoms with Crippen molar-refractivity contribution in [2.24, 2.45) is 0 Å². The molecule has 3 aromatic rings. The van der Waals surface area contributed by atoms with Crippen molar-refractivity contribution in [1.82, 2.24) is 20.2 Å². The molecular weight excluding hydrogens is 428 g/mol. The van der Waals surface area contributed by atoms with Crippen molar-refractivity contribution < 1.29 is 9.59 Å². The minimum absolute atomic E-state index is 0.0379. The lowest BCUT2D eigenvalue weighted by atomic mass is 10.2. The minimum atomic E-state index is -0.545. The third-order valence-corrected chi connectivity index (χ3v) is 6.51. The van der Waals surface area contributed by atoms with Gasteiger partial charge in [0.15, 0.2) is 5.16 Å².